The SMILES string of the molecule is CC1(C)CN(CC/C=C2/c3cc(C(=O)O)ccc3OCc3ncccc32)C[C@H](c2ccc(Cl)cc2)[C@H]1O. The summed E-state index contributed by atoms with van der Waals surface area (Å²) in [4.78, 5) is 18.6. The van der Waals surface area contributed by atoms with E-state index in [0.29, 0.717) is 17.4 Å². The van der Waals surface area contributed by atoms with E-state index in [2.05, 4.69) is 29.8 Å². The molecule has 0 radical (unpaired) electrons. The zero-order valence-electron chi connectivity index (χ0n) is 21.0. The Kier molecular flexibility index (Phi) is 7.08. The van der Waals surface area contributed by atoms with Crippen LogP contribution in [0.4, 0.5) is 0 Å². The summed E-state index contributed by atoms with van der Waals surface area (Å²) in [5.74, 6) is -0.330. The molecule has 5 rings (SSSR count). The van der Waals surface area contributed by atoms with Crippen LogP contribution in [0.3, 0.4) is 0 Å². The number of carboxylic acids is 1. The van der Waals surface area contributed by atoms with Gasteiger partial charge in [-0.2, -0.15) is 0 Å². The van der Waals surface area contributed by atoms with Crippen molar-refractivity contribution in [2.45, 2.75) is 38.9 Å². The second-order valence-corrected chi connectivity index (χ2v) is 11.0. The molecule has 0 bridgehead atoms. The molecule has 2 aliphatic heterocycles. The smallest absolute Gasteiger partial charge is 0.335 e. The van der Waals surface area contributed by atoms with Crippen LogP contribution in [0.1, 0.15) is 58.9 Å². The summed E-state index contributed by atoms with van der Waals surface area (Å²) in [6.07, 6.45) is 4.20. The van der Waals surface area contributed by atoms with Gasteiger partial charge in [0.05, 0.1) is 17.4 Å². The van der Waals surface area contributed by atoms with E-state index in [9.17, 15) is 15.0 Å². The number of likely N-dealkylation sites (tertiary alicyclic amines) is 1. The van der Waals surface area contributed by atoms with Crippen molar-refractivity contribution in [3.8, 4) is 5.75 Å². The first-order valence-corrected chi connectivity index (χ1v) is 12.9. The van der Waals surface area contributed by atoms with E-state index in [1.165, 1.54) is 0 Å². The maximum Gasteiger partial charge on any atom is 0.335 e. The molecule has 2 N–H and O–H groups in total. The Balaban J connectivity index is 1.43. The molecular formula is C30H31ClN2O4. The van der Waals surface area contributed by atoms with Gasteiger partial charge >= 0.3 is 5.97 Å². The highest BCUT2D eigenvalue weighted by Crippen LogP contribution is 2.40. The van der Waals surface area contributed by atoms with Gasteiger partial charge in [-0.1, -0.05) is 49.7 Å². The molecule has 2 aliphatic rings. The number of aromatic nitrogens is 1. The molecule has 0 amide bonds. The highest BCUT2D eigenvalue weighted by atomic mass is 35.5. The van der Waals surface area contributed by atoms with E-state index in [1.807, 2.05) is 36.4 Å². The average molecular weight is 519 g/mol. The van der Waals surface area contributed by atoms with E-state index in [-0.39, 0.29) is 16.9 Å². The van der Waals surface area contributed by atoms with E-state index < -0.39 is 12.1 Å². The highest BCUT2D eigenvalue weighted by molar-refractivity contribution is 6.30. The number of pyridine rings is 1. The number of carbonyl (C=O) groups is 1. The number of ether oxygens (including phenoxy) is 1. The lowest BCUT2D eigenvalue weighted by atomic mass is 9.73. The molecule has 6 nitrogen and oxygen atoms in total. The Morgan fingerprint density at radius 3 is 2.73 bits per heavy atom. The van der Waals surface area contributed by atoms with E-state index in [4.69, 9.17) is 16.3 Å². The molecule has 7 heteroatoms. The standard InChI is InChI=1S/C30H31ClN2O4/c1-30(2)18-33(16-25(28(30)34)19-7-10-21(31)11-8-19)14-4-6-22-23-5-3-13-32-26(23)17-37-27-12-9-20(29(35)36)15-24(22)27/h3,5-13,15,25,28,34H,4,14,16-18H2,1-2H3,(H,35,36)/b22-6+/t25-,28-/m1/s1. The lowest BCUT2D eigenvalue weighted by molar-refractivity contribution is -0.0410. The highest BCUT2D eigenvalue weighted by Gasteiger charge is 2.41. The van der Waals surface area contributed by atoms with Gasteiger partial charge in [-0.25, -0.2) is 4.79 Å². The normalized spacial score (nSPS) is 22.0. The number of nitrogens with zero attached hydrogens (tertiary/aromatic N) is 2. The Bertz CT molecular complexity index is 1340. The maximum atomic E-state index is 11.7. The van der Waals surface area contributed by atoms with E-state index in [1.54, 1.807) is 24.4 Å². The molecule has 2 aromatic carbocycles. The predicted molar refractivity (Wildman–Crippen MR) is 144 cm³/mol. The van der Waals surface area contributed by atoms with Gasteiger partial charge in [-0.05, 0) is 54.0 Å². The predicted octanol–water partition coefficient (Wildman–Crippen LogP) is 5.63. The second kappa shape index (κ2) is 10.3. The molecule has 1 fully saturated rings. The number of carboxylic acid groups (broad SMARTS) is 1. The van der Waals surface area contributed by atoms with Crippen LogP contribution in [-0.2, 0) is 6.61 Å². The molecular weight excluding hydrogens is 488 g/mol. The molecule has 1 aromatic heterocycles. The largest absolute Gasteiger partial charge is 0.487 e. The van der Waals surface area contributed by atoms with Gasteiger partial charge < -0.3 is 19.8 Å². The van der Waals surface area contributed by atoms with Crippen LogP contribution in [0, 0.1) is 5.41 Å². The van der Waals surface area contributed by atoms with E-state index >= 15 is 0 Å². The molecule has 0 unspecified atom stereocenters. The molecule has 2 atom stereocenters. The van der Waals surface area contributed by atoms with Gasteiger partial charge in [0.2, 0.25) is 0 Å². The van der Waals surface area contributed by atoms with Crippen molar-refractivity contribution in [1.82, 2.24) is 9.88 Å². The first-order valence-electron chi connectivity index (χ1n) is 12.5. The Morgan fingerprint density at radius 1 is 1.19 bits per heavy atom. The van der Waals surface area contributed by atoms with Crippen LogP contribution >= 0.6 is 11.6 Å². The third-order valence-corrected chi connectivity index (χ3v) is 7.67. The minimum Gasteiger partial charge on any atom is -0.487 e. The maximum absolute atomic E-state index is 11.7. The summed E-state index contributed by atoms with van der Waals surface area (Å²) in [5.41, 5.74) is 4.52. The van der Waals surface area contributed by atoms with Crippen molar-refractivity contribution in [2.75, 3.05) is 19.6 Å². The topological polar surface area (TPSA) is 82.9 Å². The molecule has 1 saturated heterocycles. The minimum atomic E-state index is -0.972. The quantitative estimate of drug-likeness (QED) is 0.455. The van der Waals surface area contributed by atoms with Crippen molar-refractivity contribution in [2.24, 2.45) is 5.41 Å². The molecule has 192 valence electrons. The van der Waals surface area contributed by atoms with Crippen LogP contribution in [0.25, 0.3) is 5.57 Å². The van der Waals surface area contributed by atoms with Crippen LogP contribution in [-0.4, -0.2) is 51.8 Å². The van der Waals surface area contributed by atoms with Gasteiger partial charge in [0.1, 0.15) is 12.4 Å². The van der Waals surface area contributed by atoms with Gasteiger partial charge in [0, 0.05) is 53.3 Å². The van der Waals surface area contributed by atoms with Crippen molar-refractivity contribution < 1.29 is 19.7 Å². The van der Waals surface area contributed by atoms with Crippen LogP contribution in [0.5, 0.6) is 5.75 Å². The number of hydrogen-bond donors (Lipinski definition) is 2. The zero-order chi connectivity index (χ0) is 26.2. The van der Waals surface area contributed by atoms with Crippen molar-refractivity contribution in [1.29, 1.82) is 0 Å². The lowest BCUT2D eigenvalue weighted by Crippen LogP contribution is -2.53. The number of fused-ring (bicyclic) bond motifs is 2. The number of rotatable bonds is 5. The zero-order valence-corrected chi connectivity index (χ0v) is 21.8. The molecule has 0 spiro atoms. The van der Waals surface area contributed by atoms with Crippen molar-refractivity contribution >= 4 is 23.1 Å². The van der Waals surface area contributed by atoms with Gasteiger partial charge in [-0.15, -0.1) is 0 Å². The van der Waals surface area contributed by atoms with Crippen LogP contribution in [0.2, 0.25) is 5.02 Å². The molecule has 37 heavy (non-hydrogen) atoms. The number of hydrogen-bond acceptors (Lipinski definition) is 5. The van der Waals surface area contributed by atoms with Crippen LogP contribution < -0.4 is 4.74 Å². The molecule has 0 saturated carbocycles. The summed E-state index contributed by atoms with van der Waals surface area (Å²) in [5, 5.41) is 21.4. The fraction of sp³-hybridized carbons (Fsp3) is 0.333. The Hall–Kier alpha value is -3.19. The minimum absolute atomic E-state index is 0.0104. The molecule has 3 heterocycles. The molecule has 0 aliphatic carbocycles. The first-order chi connectivity index (χ1) is 17.7. The van der Waals surface area contributed by atoms with Gasteiger partial charge in [0.15, 0.2) is 0 Å². The van der Waals surface area contributed by atoms with Gasteiger partial charge in [-0.3, -0.25) is 4.98 Å². The summed E-state index contributed by atoms with van der Waals surface area (Å²) >= 11 is 6.10. The second-order valence-electron chi connectivity index (χ2n) is 10.5. The monoisotopic (exact) mass is 518 g/mol. The summed E-state index contributed by atoms with van der Waals surface area (Å²) in [6, 6.07) is 16.6. The first kappa shape index (κ1) is 25.5. The van der Waals surface area contributed by atoms with Crippen molar-refractivity contribution in [3.05, 3.63) is 99.8 Å². The van der Waals surface area contributed by atoms with Gasteiger partial charge in [0.25, 0.3) is 0 Å². The summed E-state index contributed by atoms with van der Waals surface area (Å²) < 4.78 is 6.00. The number of aliphatic hydroxyl groups is 1. The average Bonchev–Trinajstić information content (AvgIpc) is 3.03. The number of piperidine rings is 1. The third kappa shape index (κ3) is 5.28. The number of benzene rings is 2. The number of halogens is 1. The number of aromatic carboxylic acids is 1. The molecule has 3 aromatic rings. The Labute approximate surface area is 222 Å². The Morgan fingerprint density at radius 2 is 1.97 bits per heavy atom. The number of aliphatic hydroxyl groups excluding tert-OH is 1. The lowest BCUT2D eigenvalue weighted by Gasteiger charge is -2.46. The fourth-order valence-corrected chi connectivity index (χ4v) is 5.65. The third-order valence-electron chi connectivity index (χ3n) is 7.42. The van der Waals surface area contributed by atoms with Crippen molar-refractivity contribution in [3.63, 3.8) is 0 Å². The summed E-state index contributed by atoms with van der Waals surface area (Å²) in [6.45, 7) is 6.87. The summed E-state index contributed by atoms with van der Waals surface area (Å²) in [7, 11) is 0. The van der Waals surface area contributed by atoms with E-state index in [0.717, 1.165) is 54.0 Å². The van der Waals surface area contributed by atoms with Crippen LogP contribution in [0.15, 0.2) is 66.9 Å². The fourth-order valence-electron chi connectivity index (χ4n) is 5.53.